The number of benzene rings is 2. The number of amides is 1. The van der Waals surface area contributed by atoms with Crippen LogP contribution in [0.25, 0.3) is 0 Å². The second-order valence-corrected chi connectivity index (χ2v) is 5.45. The second kappa shape index (κ2) is 6.69. The summed E-state index contributed by atoms with van der Waals surface area (Å²) in [7, 11) is 0. The minimum Gasteiger partial charge on any atom is -0.508 e. The number of aromatic hydroxyl groups is 1. The molecule has 2 aromatic rings. The van der Waals surface area contributed by atoms with Crippen LogP contribution in [0.2, 0.25) is 0 Å². The van der Waals surface area contributed by atoms with Crippen LogP contribution in [-0.2, 0) is 11.2 Å². The average molecular weight is 353 g/mol. The van der Waals surface area contributed by atoms with Crippen LogP contribution in [0, 0.1) is 5.82 Å². The number of halogens is 2. The van der Waals surface area contributed by atoms with Crippen molar-refractivity contribution in [1.29, 1.82) is 0 Å². The number of carbonyl (C=O) groups is 1. The van der Waals surface area contributed by atoms with Gasteiger partial charge in [-0.3, -0.25) is 4.79 Å². The Kier molecular flexibility index (Phi) is 4.93. The molecule has 6 heteroatoms. The average Bonchev–Trinajstić information content (AvgIpc) is 2.45. The fraction of sp³-hybridized carbons (Fsp3) is 0.133. The van der Waals surface area contributed by atoms with E-state index in [-0.39, 0.29) is 5.75 Å². The summed E-state index contributed by atoms with van der Waals surface area (Å²) in [6, 6.07) is 10.0. The monoisotopic (exact) mass is 352 g/mol. The van der Waals surface area contributed by atoms with Crippen molar-refractivity contribution in [3.8, 4) is 5.75 Å². The first-order valence-electron chi connectivity index (χ1n) is 6.25. The first-order valence-corrected chi connectivity index (χ1v) is 7.04. The summed E-state index contributed by atoms with van der Waals surface area (Å²) < 4.78 is 13.7. The Bertz CT molecular complexity index is 647. The highest BCUT2D eigenvalue weighted by molar-refractivity contribution is 9.10. The molecule has 0 bridgehead atoms. The maximum Gasteiger partial charge on any atom is 0.241 e. The minimum absolute atomic E-state index is 0.155. The largest absolute Gasteiger partial charge is 0.508 e. The summed E-state index contributed by atoms with van der Waals surface area (Å²) in [6.45, 7) is 0. The molecule has 0 heterocycles. The van der Waals surface area contributed by atoms with Crippen LogP contribution in [-0.4, -0.2) is 17.1 Å². The van der Waals surface area contributed by atoms with Gasteiger partial charge in [0, 0.05) is 5.69 Å². The van der Waals surface area contributed by atoms with E-state index in [0.717, 1.165) is 5.56 Å². The highest BCUT2D eigenvalue weighted by Crippen LogP contribution is 2.19. The smallest absolute Gasteiger partial charge is 0.241 e. The molecule has 0 saturated heterocycles. The van der Waals surface area contributed by atoms with Crippen molar-refractivity contribution < 1.29 is 14.3 Å². The Morgan fingerprint density at radius 3 is 2.57 bits per heavy atom. The van der Waals surface area contributed by atoms with Gasteiger partial charge in [0.05, 0.1) is 10.5 Å². The fourth-order valence-corrected chi connectivity index (χ4v) is 2.03. The third-order valence-corrected chi connectivity index (χ3v) is 3.56. The maximum atomic E-state index is 13.4. The maximum absolute atomic E-state index is 13.4. The van der Waals surface area contributed by atoms with E-state index in [0.29, 0.717) is 16.6 Å². The van der Waals surface area contributed by atoms with Gasteiger partial charge in [-0.05, 0) is 58.2 Å². The van der Waals surface area contributed by atoms with Gasteiger partial charge in [0.25, 0.3) is 0 Å². The molecule has 21 heavy (non-hydrogen) atoms. The van der Waals surface area contributed by atoms with Crippen LogP contribution in [0.15, 0.2) is 46.9 Å². The fourth-order valence-electron chi connectivity index (χ4n) is 1.79. The predicted molar refractivity (Wildman–Crippen MR) is 82.5 cm³/mol. The van der Waals surface area contributed by atoms with Crippen molar-refractivity contribution in [2.24, 2.45) is 5.73 Å². The number of hydrogen-bond donors (Lipinski definition) is 3. The third kappa shape index (κ3) is 4.27. The summed E-state index contributed by atoms with van der Waals surface area (Å²) >= 11 is 3.04. The molecule has 0 aliphatic heterocycles. The van der Waals surface area contributed by atoms with Gasteiger partial charge >= 0.3 is 0 Å². The molecule has 0 saturated carbocycles. The van der Waals surface area contributed by atoms with Crippen molar-refractivity contribution in [2.45, 2.75) is 12.5 Å². The van der Waals surface area contributed by atoms with E-state index >= 15 is 0 Å². The first-order chi connectivity index (χ1) is 9.95. The van der Waals surface area contributed by atoms with Gasteiger partial charge < -0.3 is 16.2 Å². The van der Waals surface area contributed by atoms with Crippen molar-refractivity contribution in [1.82, 2.24) is 0 Å². The van der Waals surface area contributed by atoms with E-state index in [9.17, 15) is 14.3 Å². The molecule has 0 aliphatic rings. The van der Waals surface area contributed by atoms with Crippen LogP contribution in [0.4, 0.5) is 10.1 Å². The normalized spacial score (nSPS) is 12.0. The molecule has 0 radical (unpaired) electrons. The Labute approximate surface area is 129 Å². The molecule has 2 rings (SSSR count). The van der Waals surface area contributed by atoms with Gasteiger partial charge in [-0.15, -0.1) is 0 Å². The highest BCUT2D eigenvalue weighted by Gasteiger charge is 2.15. The van der Waals surface area contributed by atoms with Crippen LogP contribution >= 0.6 is 15.9 Å². The number of phenols is 1. The lowest BCUT2D eigenvalue weighted by atomic mass is 10.1. The molecule has 0 aromatic heterocycles. The molecule has 1 amide bonds. The Morgan fingerprint density at radius 1 is 1.29 bits per heavy atom. The topological polar surface area (TPSA) is 75.3 Å². The lowest BCUT2D eigenvalue weighted by Gasteiger charge is -2.12. The van der Waals surface area contributed by atoms with Crippen LogP contribution in [0.3, 0.4) is 0 Å². The zero-order chi connectivity index (χ0) is 15.4. The van der Waals surface area contributed by atoms with Crippen molar-refractivity contribution in [2.75, 3.05) is 5.32 Å². The van der Waals surface area contributed by atoms with Crippen molar-refractivity contribution >= 4 is 27.5 Å². The summed E-state index contributed by atoms with van der Waals surface area (Å²) in [5.74, 6) is -0.702. The van der Waals surface area contributed by atoms with E-state index < -0.39 is 17.8 Å². The molecule has 2 aromatic carbocycles. The van der Waals surface area contributed by atoms with E-state index in [1.807, 2.05) is 0 Å². The van der Waals surface area contributed by atoms with E-state index in [4.69, 9.17) is 5.73 Å². The summed E-state index contributed by atoms with van der Waals surface area (Å²) in [5, 5.41) is 11.8. The standard InChI is InChI=1S/C15H14BrFN2O2/c16-12-6-3-10(8-13(12)17)19-15(21)14(18)7-9-1-4-11(20)5-2-9/h1-6,8,14,20H,7,18H2,(H,19,21). The molecule has 110 valence electrons. The second-order valence-electron chi connectivity index (χ2n) is 4.60. The van der Waals surface area contributed by atoms with Crippen molar-refractivity contribution in [3.63, 3.8) is 0 Å². The molecule has 4 N–H and O–H groups in total. The van der Waals surface area contributed by atoms with E-state index in [1.54, 1.807) is 18.2 Å². The predicted octanol–water partition coefficient (Wildman–Crippen LogP) is 2.80. The summed E-state index contributed by atoms with van der Waals surface area (Å²) in [5.41, 5.74) is 7.01. The SMILES string of the molecule is NC(Cc1ccc(O)cc1)C(=O)Nc1ccc(Br)c(F)c1. The van der Waals surface area contributed by atoms with Crippen molar-refractivity contribution in [3.05, 3.63) is 58.3 Å². The van der Waals surface area contributed by atoms with Crippen LogP contribution in [0.1, 0.15) is 5.56 Å². The lowest BCUT2D eigenvalue weighted by Crippen LogP contribution is -2.37. The number of nitrogens with two attached hydrogens (primary N) is 1. The van der Waals surface area contributed by atoms with Gasteiger partial charge in [-0.25, -0.2) is 4.39 Å². The van der Waals surface area contributed by atoms with E-state index in [2.05, 4.69) is 21.2 Å². The summed E-state index contributed by atoms with van der Waals surface area (Å²) in [6.07, 6.45) is 0.325. The Morgan fingerprint density at radius 2 is 1.95 bits per heavy atom. The summed E-state index contributed by atoms with van der Waals surface area (Å²) in [4.78, 5) is 12.0. The zero-order valence-corrected chi connectivity index (χ0v) is 12.6. The Hall–Kier alpha value is -1.92. The molecule has 1 atom stereocenters. The Balaban J connectivity index is 1.98. The van der Waals surface area contributed by atoms with Gasteiger partial charge in [0.1, 0.15) is 11.6 Å². The number of phenolic OH excluding ortho intramolecular Hbond substituents is 1. The quantitative estimate of drug-likeness (QED) is 0.791. The third-order valence-electron chi connectivity index (χ3n) is 2.92. The molecule has 1 unspecified atom stereocenters. The van der Waals surface area contributed by atoms with Gasteiger partial charge in [0.2, 0.25) is 5.91 Å². The van der Waals surface area contributed by atoms with Crippen LogP contribution < -0.4 is 11.1 Å². The minimum atomic E-state index is -0.763. The molecular formula is C15H14BrFN2O2. The first kappa shape index (κ1) is 15.5. The van der Waals surface area contributed by atoms with Gasteiger partial charge in [0.15, 0.2) is 0 Å². The van der Waals surface area contributed by atoms with Gasteiger partial charge in [-0.1, -0.05) is 12.1 Å². The number of hydrogen-bond acceptors (Lipinski definition) is 3. The molecule has 0 spiro atoms. The molecule has 0 fully saturated rings. The highest BCUT2D eigenvalue weighted by atomic mass is 79.9. The van der Waals surface area contributed by atoms with Crippen LogP contribution in [0.5, 0.6) is 5.75 Å². The number of rotatable bonds is 4. The molecular weight excluding hydrogens is 339 g/mol. The molecule has 4 nitrogen and oxygen atoms in total. The number of anilines is 1. The molecule has 0 aliphatic carbocycles. The van der Waals surface area contributed by atoms with Gasteiger partial charge in [-0.2, -0.15) is 0 Å². The van der Waals surface area contributed by atoms with E-state index in [1.165, 1.54) is 24.3 Å². The zero-order valence-electron chi connectivity index (χ0n) is 11.0. The number of nitrogens with one attached hydrogen (secondary N) is 1. The number of carbonyl (C=O) groups excluding carboxylic acids is 1. The lowest BCUT2D eigenvalue weighted by molar-refractivity contribution is -0.117.